The van der Waals surface area contributed by atoms with Crippen molar-refractivity contribution in [2.45, 2.75) is 9.79 Å². The number of ether oxygens (including phenoxy) is 1. The van der Waals surface area contributed by atoms with E-state index in [4.69, 9.17) is 4.74 Å². The molecule has 0 saturated heterocycles. The molecule has 0 bridgehead atoms. The van der Waals surface area contributed by atoms with Gasteiger partial charge in [-0.05, 0) is 83.7 Å². The predicted octanol–water partition coefficient (Wildman–Crippen LogP) is 11.3. The molecular weight excluding hydrogens is 701 g/mol. The van der Waals surface area contributed by atoms with Crippen LogP contribution in [0.4, 0.5) is 17.2 Å². The first kappa shape index (κ1) is 31.5. The minimum absolute atomic E-state index is 0.116. The quantitative estimate of drug-likeness (QED) is 0.168. The molecule has 0 atom stereocenters. The van der Waals surface area contributed by atoms with Gasteiger partial charge in [0.25, 0.3) is 6.71 Å². The topological polar surface area (TPSA) is 22.3 Å². The summed E-state index contributed by atoms with van der Waals surface area (Å²) in [5, 5.41) is 3.57. The zero-order chi connectivity index (χ0) is 36.7. The third kappa shape index (κ3) is 4.51. The molecular formula is C50H32BN3OS. The fourth-order valence-corrected chi connectivity index (χ4v) is 10.3. The van der Waals surface area contributed by atoms with E-state index < -0.39 is 0 Å². The van der Waals surface area contributed by atoms with Crippen molar-refractivity contribution < 1.29 is 4.74 Å². The Morgan fingerprint density at radius 1 is 0.393 bits per heavy atom. The number of para-hydroxylation sites is 6. The Morgan fingerprint density at radius 2 is 0.946 bits per heavy atom. The second kappa shape index (κ2) is 12.3. The lowest BCUT2D eigenvalue weighted by Crippen LogP contribution is -2.56. The van der Waals surface area contributed by atoms with Crippen LogP contribution in [0.1, 0.15) is 0 Å². The Balaban J connectivity index is 1.17. The summed E-state index contributed by atoms with van der Waals surface area (Å²) in [6.07, 6.45) is 0. The lowest BCUT2D eigenvalue weighted by molar-refractivity contribution is 0.483. The van der Waals surface area contributed by atoms with E-state index in [1.807, 2.05) is 11.8 Å². The number of rotatable bonds is 4. The van der Waals surface area contributed by atoms with E-state index in [-0.39, 0.29) is 6.71 Å². The van der Waals surface area contributed by atoms with Crippen LogP contribution >= 0.6 is 11.8 Å². The zero-order valence-corrected chi connectivity index (χ0v) is 31.0. The van der Waals surface area contributed by atoms with Gasteiger partial charge in [-0.2, -0.15) is 0 Å². The fourth-order valence-electron chi connectivity index (χ4n) is 9.13. The number of hydrogen-bond acceptors (Lipinski definition) is 3. The number of benzene rings is 8. The van der Waals surface area contributed by atoms with Gasteiger partial charge in [0.05, 0.1) is 22.2 Å². The number of nitrogens with zero attached hydrogens (tertiary/aromatic N) is 3. The van der Waals surface area contributed by atoms with Crippen LogP contribution in [-0.2, 0) is 0 Å². The monoisotopic (exact) mass is 733 g/mol. The van der Waals surface area contributed by atoms with Crippen molar-refractivity contribution >= 4 is 84.8 Å². The second-order valence-electron chi connectivity index (χ2n) is 14.4. The summed E-state index contributed by atoms with van der Waals surface area (Å²) in [6, 6.07) is 70.0. The average Bonchev–Trinajstić information content (AvgIpc) is 3.78. The number of hydrogen-bond donors (Lipinski definition) is 0. The molecule has 0 unspecified atom stereocenters. The van der Waals surface area contributed by atoms with Gasteiger partial charge in [-0.15, -0.1) is 0 Å². The highest BCUT2D eigenvalue weighted by Crippen LogP contribution is 2.56. The van der Waals surface area contributed by atoms with Crippen LogP contribution in [0.2, 0.25) is 0 Å². The molecule has 12 rings (SSSR count). The van der Waals surface area contributed by atoms with Crippen LogP contribution in [0.25, 0.3) is 44.1 Å². The highest BCUT2D eigenvalue weighted by molar-refractivity contribution is 8.00. The van der Waals surface area contributed by atoms with Crippen molar-refractivity contribution in [1.82, 2.24) is 9.13 Å². The molecule has 0 spiro atoms. The fraction of sp³-hybridized carbons (Fsp3) is 0. The van der Waals surface area contributed by atoms with Gasteiger partial charge in [0.15, 0.2) is 11.6 Å². The Labute approximate surface area is 328 Å². The van der Waals surface area contributed by atoms with Crippen molar-refractivity contribution in [3.63, 3.8) is 0 Å². The molecule has 0 N–H and O–H groups in total. The van der Waals surface area contributed by atoms with Gasteiger partial charge in [0.1, 0.15) is 5.75 Å². The van der Waals surface area contributed by atoms with Gasteiger partial charge in [-0.1, -0.05) is 139 Å². The molecule has 0 saturated carbocycles. The summed E-state index contributed by atoms with van der Waals surface area (Å²) in [5.41, 5.74) is 11.5. The summed E-state index contributed by atoms with van der Waals surface area (Å²) in [5.74, 6) is 2.73. The van der Waals surface area contributed by atoms with E-state index in [1.54, 1.807) is 0 Å². The van der Waals surface area contributed by atoms with Crippen molar-refractivity contribution in [2.24, 2.45) is 0 Å². The molecule has 8 aromatic carbocycles. The molecule has 2 aliphatic heterocycles. The molecule has 0 aliphatic carbocycles. The first-order valence-corrected chi connectivity index (χ1v) is 19.9. The van der Waals surface area contributed by atoms with Crippen molar-refractivity contribution in [3.05, 3.63) is 194 Å². The van der Waals surface area contributed by atoms with Crippen LogP contribution < -0.4 is 26.0 Å². The van der Waals surface area contributed by atoms with Crippen LogP contribution in [0, 0.1) is 0 Å². The Kier molecular flexibility index (Phi) is 6.92. The largest absolute Gasteiger partial charge is 0.451 e. The maximum absolute atomic E-state index is 7.50. The molecule has 4 nitrogen and oxygen atoms in total. The Hall–Kier alpha value is -6.89. The maximum Gasteiger partial charge on any atom is 0.251 e. The summed E-state index contributed by atoms with van der Waals surface area (Å²) in [7, 11) is 0. The summed E-state index contributed by atoms with van der Waals surface area (Å²) in [4.78, 5) is 4.87. The Bertz CT molecular complexity index is 3120. The molecule has 4 heterocycles. The zero-order valence-electron chi connectivity index (χ0n) is 30.2. The first-order chi connectivity index (χ1) is 27.8. The van der Waals surface area contributed by atoms with Crippen LogP contribution in [-0.4, -0.2) is 15.8 Å². The van der Waals surface area contributed by atoms with E-state index >= 15 is 0 Å². The summed E-state index contributed by atoms with van der Waals surface area (Å²) >= 11 is 1.84. The predicted molar refractivity (Wildman–Crippen MR) is 234 cm³/mol. The van der Waals surface area contributed by atoms with Crippen molar-refractivity contribution in [3.8, 4) is 22.9 Å². The molecule has 2 aliphatic rings. The van der Waals surface area contributed by atoms with Crippen LogP contribution in [0.3, 0.4) is 0 Å². The number of anilines is 3. The molecule has 6 heteroatoms. The Morgan fingerprint density at radius 3 is 1.66 bits per heavy atom. The van der Waals surface area contributed by atoms with E-state index in [1.165, 1.54) is 48.0 Å². The lowest BCUT2D eigenvalue weighted by Gasteiger charge is -2.37. The minimum Gasteiger partial charge on any atom is -0.451 e. The summed E-state index contributed by atoms with van der Waals surface area (Å²) in [6.45, 7) is -0.116. The van der Waals surface area contributed by atoms with Crippen LogP contribution in [0.5, 0.6) is 11.5 Å². The third-order valence-electron chi connectivity index (χ3n) is 11.4. The molecule has 10 aromatic rings. The third-order valence-corrected chi connectivity index (χ3v) is 12.6. The highest BCUT2D eigenvalue weighted by atomic mass is 32.2. The van der Waals surface area contributed by atoms with Crippen LogP contribution in [0.15, 0.2) is 204 Å². The molecule has 0 fully saturated rings. The molecule has 2 aromatic heterocycles. The van der Waals surface area contributed by atoms with Gasteiger partial charge in [-0.25, -0.2) is 0 Å². The van der Waals surface area contributed by atoms with E-state index in [2.05, 4.69) is 208 Å². The molecule has 0 radical (unpaired) electrons. The van der Waals surface area contributed by atoms with E-state index in [0.717, 1.165) is 51.0 Å². The normalized spacial score (nSPS) is 13.0. The molecule has 56 heavy (non-hydrogen) atoms. The lowest BCUT2D eigenvalue weighted by atomic mass is 9.36. The second-order valence-corrected chi connectivity index (χ2v) is 15.5. The van der Waals surface area contributed by atoms with Gasteiger partial charge in [-0.3, -0.25) is 9.47 Å². The minimum atomic E-state index is -0.116. The maximum atomic E-state index is 7.50. The number of aromatic nitrogens is 2. The van der Waals surface area contributed by atoms with E-state index in [0.29, 0.717) is 0 Å². The van der Waals surface area contributed by atoms with Gasteiger partial charge in [0, 0.05) is 43.0 Å². The average molecular weight is 734 g/mol. The summed E-state index contributed by atoms with van der Waals surface area (Å²) < 4.78 is 12.3. The number of fused-ring (bicyclic) bond motifs is 10. The smallest absolute Gasteiger partial charge is 0.251 e. The molecule has 0 amide bonds. The standard InChI is InChI=1S/C50H32BN3OS/c1-3-17-33(18-4-1)52-42-28-14-9-23-37(42)48-50(52)53(34-19-5-2-6-20-34)44-31-32-46-47(49(44)55-48)51(39-25-11-16-30-45(39)56-46)38-24-10-15-29-43(38)54-40-26-12-7-21-35(40)36-22-8-13-27-41(36)54/h1-32H. The van der Waals surface area contributed by atoms with Gasteiger partial charge in [0.2, 0.25) is 0 Å². The van der Waals surface area contributed by atoms with E-state index in [9.17, 15) is 0 Å². The van der Waals surface area contributed by atoms with Crippen molar-refractivity contribution in [2.75, 3.05) is 4.90 Å². The van der Waals surface area contributed by atoms with Gasteiger partial charge >= 0.3 is 0 Å². The SMILES string of the molecule is c1ccc(N2c3ccc4c(c3Oc3c2n(-c2ccccc2)c2ccccc32)B(c2ccccc2-n2c3ccccc3c3ccccc32)c2ccccc2S4)cc1. The van der Waals surface area contributed by atoms with Gasteiger partial charge < -0.3 is 9.30 Å². The van der Waals surface area contributed by atoms with Crippen molar-refractivity contribution in [1.29, 1.82) is 0 Å². The highest BCUT2D eigenvalue weighted by Gasteiger charge is 2.41. The first-order valence-electron chi connectivity index (χ1n) is 19.1. The molecule has 262 valence electrons.